The summed E-state index contributed by atoms with van der Waals surface area (Å²) in [5, 5.41) is 12.4. The number of hydrogen-bond acceptors (Lipinski definition) is 4. The number of anilines is 1. The number of aliphatic hydroxyl groups excluding tert-OH is 1. The fourth-order valence-corrected chi connectivity index (χ4v) is 3.84. The second-order valence-electron chi connectivity index (χ2n) is 7.01. The summed E-state index contributed by atoms with van der Waals surface area (Å²) in [5.74, 6) is -0.0822. The highest BCUT2D eigenvalue weighted by atomic mass is 16.5. The first-order valence-corrected chi connectivity index (χ1v) is 9.46. The van der Waals surface area contributed by atoms with Crippen LogP contribution in [-0.2, 0) is 22.7 Å². The monoisotopic (exact) mass is 367 g/mol. The standard InChI is InChI=1S/C21H25N3O3/c1-2-16(19-10-15(11-22-19)12-24-5-7-27-8-6-24)20-17-9-14(13-25)3-4-18(17)23-21(20)26/h3-4,9-11,22,25H,2,5-8,12-13H2,1H3,(H,23,26)/b20-16+. The second kappa shape index (κ2) is 7.68. The van der Waals surface area contributed by atoms with E-state index in [9.17, 15) is 9.90 Å². The molecule has 0 radical (unpaired) electrons. The third-order valence-electron chi connectivity index (χ3n) is 5.24. The zero-order valence-electron chi connectivity index (χ0n) is 15.5. The van der Waals surface area contributed by atoms with E-state index in [1.165, 1.54) is 5.56 Å². The number of rotatable bonds is 5. The molecule has 6 nitrogen and oxygen atoms in total. The molecule has 142 valence electrons. The quantitative estimate of drug-likeness (QED) is 0.710. The number of morpholine rings is 1. The summed E-state index contributed by atoms with van der Waals surface area (Å²) in [6.07, 6.45) is 2.77. The SMILES string of the molecule is CC/C(=C1\C(=O)Nc2ccc(CO)cc21)c1cc(CN2CCOCC2)c[nH]1. The Morgan fingerprint density at radius 3 is 2.78 bits per heavy atom. The molecule has 4 rings (SSSR count). The Bertz CT molecular complexity index is 879. The van der Waals surface area contributed by atoms with Crippen molar-refractivity contribution in [2.24, 2.45) is 0 Å². The Labute approximate surface area is 158 Å². The first-order valence-electron chi connectivity index (χ1n) is 9.46. The molecule has 1 aromatic heterocycles. The predicted octanol–water partition coefficient (Wildman–Crippen LogP) is 2.61. The van der Waals surface area contributed by atoms with Crippen LogP contribution < -0.4 is 5.32 Å². The third-order valence-corrected chi connectivity index (χ3v) is 5.24. The van der Waals surface area contributed by atoms with Crippen molar-refractivity contribution < 1.29 is 14.6 Å². The van der Waals surface area contributed by atoms with Crippen LogP contribution in [0.2, 0.25) is 0 Å². The normalized spacial score (nSPS) is 19.1. The molecule has 1 amide bonds. The summed E-state index contributed by atoms with van der Waals surface area (Å²) in [6, 6.07) is 7.73. The summed E-state index contributed by atoms with van der Waals surface area (Å²) in [5.41, 5.74) is 6.36. The lowest BCUT2D eigenvalue weighted by Gasteiger charge is -2.26. The predicted molar refractivity (Wildman–Crippen MR) is 105 cm³/mol. The molecule has 2 aromatic rings. The van der Waals surface area contributed by atoms with E-state index in [1.54, 1.807) is 0 Å². The van der Waals surface area contributed by atoms with Crippen molar-refractivity contribution in [3.05, 3.63) is 52.8 Å². The summed E-state index contributed by atoms with van der Waals surface area (Å²) < 4.78 is 5.41. The molecular formula is C21H25N3O3. The van der Waals surface area contributed by atoms with E-state index in [2.05, 4.69) is 28.2 Å². The number of aliphatic hydroxyl groups is 1. The second-order valence-corrected chi connectivity index (χ2v) is 7.01. The van der Waals surface area contributed by atoms with Crippen molar-refractivity contribution in [2.45, 2.75) is 26.5 Å². The van der Waals surface area contributed by atoms with Crippen LogP contribution in [0.3, 0.4) is 0 Å². The molecule has 2 aliphatic rings. The molecule has 0 aliphatic carbocycles. The van der Waals surface area contributed by atoms with Gasteiger partial charge < -0.3 is 20.1 Å². The molecule has 27 heavy (non-hydrogen) atoms. The highest BCUT2D eigenvalue weighted by Gasteiger charge is 2.28. The Balaban J connectivity index is 1.67. The van der Waals surface area contributed by atoms with Crippen LogP contribution in [0, 0.1) is 0 Å². The molecule has 2 aliphatic heterocycles. The van der Waals surface area contributed by atoms with Crippen LogP contribution in [0.5, 0.6) is 0 Å². The summed E-state index contributed by atoms with van der Waals surface area (Å²) in [4.78, 5) is 18.4. The van der Waals surface area contributed by atoms with Crippen LogP contribution >= 0.6 is 0 Å². The lowest BCUT2D eigenvalue weighted by molar-refractivity contribution is -0.110. The van der Waals surface area contributed by atoms with Gasteiger partial charge in [-0.3, -0.25) is 9.69 Å². The number of carbonyl (C=O) groups is 1. The maximum atomic E-state index is 12.7. The van der Waals surface area contributed by atoms with E-state index in [1.807, 2.05) is 24.4 Å². The number of nitrogens with zero attached hydrogens (tertiary/aromatic N) is 1. The number of benzene rings is 1. The first-order chi connectivity index (χ1) is 13.2. The van der Waals surface area contributed by atoms with Crippen LogP contribution in [0.1, 0.15) is 35.7 Å². The van der Waals surface area contributed by atoms with E-state index < -0.39 is 0 Å². The van der Waals surface area contributed by atoms with Gasteiger partial charge in [0.25, 0.3) is 5.91 Å². The van der Waals surface area contributed by atoms with Crippen molar-refractivity contribution in [2.75, 3.05) is 31.6 Å². The van der Waals surface area contributed by atoms with Crippen LogP contribution in [0.25, 0.3) is 11.1 Å². The van der Waals surface area contributed by atoms with Gasteiger partial charge in [-0.15, -0.1) is 0 Å². The van der Waals surface area contributed by atoms with Gasteiger partial charge in [-0.1, -0.05) is 13.0 Å². The molecule has 1 fully saturated rings. The number of aromatic amines is 1. The van der Waals surface area contributed by atoms with Gasteiger partial charge in [-0.25, -0.2) is 0 Å². The van der Waals surface area contributed by atoms with E-state index in [0.717, 1.165) is 67.4 Å². The number of nitrogens with one attached hydrogen (secondary N) is 2. The van der Waals surface area contributed by atoms with E-state index in [-0.39, 0.29) is 12.5 Å². The highest BCUT2D eigenvalue weighted by Crippen LogP contribution is 2.38. The Morgan fingerprint density at radius 1 is 1.22 bits per heavy atom. The van der Waals surface area contributed by atoms with Gasteiger partial charge in [-0.05, 0) is 41.3 Å². The number of allylic oxidation sites excluding steroid dienone is 1. The van der Waals surface area contributed by atoms with Crippen LogP contribution in [0.4, 0.5) is 5.69 Å². The van der Waals surface area contributed by atoms with Gasteiger partial charge in [0.1, 0.15) is 0 Å². The van der Waals surface area contributed by atoms with Crippen LogP contribution in [-0.4, -0.2) is 47.2 Å². The average molecular weight is 367 g/mol. The first kappa shape index (κ1) is 18.0. The maximum absolute atomic E-state index is 12.7. The Morgan fingerprint density at radius 2 is 2.04 bits per heavy atom. The van der Waals surface area contributed by atoms with Crippen molar-refractivity contribution in [1.29, 1.82) is 0 Å². The number of carbonyl (C=O) groups excluding carboxylic acids is 1. The summed E-state index contributed by atoms with van der Waals surface area (Å²) >= 11 is 0. The number of aromatic nitrogens is 1. The lowest BCUT2D eigenvalue weighted by atomic mass is 9.95. The van der Waals surface area contributed by atoms with Crippen molar-refractivity contribution in [3.8, 4) is 0 Å². The van der Waals surface area contributed by atoms with Gasteiger partial charge >= 0.3 is 0 Å². The number of fused-ring (bicyclic) bond motifs is 1. The smallest absolute Gasteiger partial charge is 0.256 e. The molecular weight excluding hydrogens is 342 g/mol. The van der Waals surface area contributed by atoms with Gasteiger partial charge in [0.15, 0.2) is 0 Å². The Kier molecular flexibility index (Phi) is 5.11. The van der Waals surface area contributed by atoms with E-state index >= 15 is 0 Å². The van der Waals surface area contributed by atoms with Gasteiger partial charge in [0, 0.05) is 42.8 Å². The summed E-state index contributed by atoms with van der Waals surface area (Å²) in [7, 11) is 0. The Hall–Kier alpha value is -2.41. The molecule has 1 aromatic carbocycles. The van der Waals surface area contributed by atoms with E-state index in [4.69, 9.17) is 4.74 Å². The number of ether oxygens (including phenoxy) is 1. The summed E-state index contributed by atoms with van der Waals surface area (Å²) in [6.45, 7) is 6.36. The van der Waals surface area contributed by atoms with Crippen molar-refractivity contribution in [3.63, 3.8) is 0 Å². The van der Waals surface area contributed by atoms with Crippen molar-refractivity contribution in [1.82, 2.24) is 9.88 Å². The average Bonchev–Trinajstić information content (AvgIpc) is 3.27. The van der Waals surface area contributed by atoms with Gasteiger partial charge in [-0.2, -0.15) is 0 Å². The number of H-pyrrole nitrogens is 1. The molecule has 0 saturated carbocycles. The molecule has 0 spiro atoms. The topological polar surface area (TPSA) is 77.6 Å². The van der Waals surface area contributed by atoms with Gasteiger partial charge in [0.2, 0.25) is 0 Å². The van der Waals surface area contributed by atoms with Crippen LogP contribution in [0.15, 0.2) is 30.5 Å². The zero-order valence-corrected chi connectivity index (χ0v) is 15.5. The lowest BCUT2D eigenvalue weighted by Crippen LogP contribution is -2.35. The minimum atomic E-state index is -0.0822. The zero-order chi connectivity index (χ0) is 18.8. The molecule has 3 heterocycles. The fraction of sp³-hybridized carbons (Fsp3) is 0.381. The molecule has 0 unspecified atom stereocenters. The van der Waals surface area contributed by atoms with Gasteiger partial charge in [0.05, 0.1) is 25.4 Å². The number of amides is 1. The molecule has 0 bridgehead atoms. The third kappa shape index (κ3) is 3.56. The molecule has 3 N–H and O–H groups in total. The minimum Gasteiger partial charge on any atom is -0.392 e. The minimum absolute atomic E-state index is 0.0393. The van der Waals surface area contributed by atoms with E-state index in [0.29, 0.717) is 5.57 Å². The largest absolute Gasteiger partial charge is 0.392 e. The number of hydrogen-bond donors (Lipinski definition) is 3. The molecule has 0 atom stereocenters. The van der Waals surface area contributed by atoms with Crippen molar-refractivity contribution >= 4 is 22.7 Å². The highest BCUT2D eigenvalue weighted by molar-refractivity contribution is 6.36. The maximum Gasteiger partial charge on any atom is 0.256 e. The molecule has 1 saturated heterocycles. The molecule has 6 heteroatoms. The fourth-order valence-electron chi connectivity index (χ4n) is 3.84.